The molecule has 0 amide bonds. The average Bonchev–Trinajstić information content (AvgIpc) is 2.77. The Hall–Kier alpha value is -2.23. The van der Waals surface area contributed by atoms with Crippen molar-refractivity contribution in [1.82, 2.24) is 9.66 Å². The lowest BCUT2D eigenvalue weighted by Crippen LogP contribution is -2.22. The normalized spacial score (nSPS) is 11.3. The Morgan fingerprint density at radius 1 is 1.24 bits per heavy atom. The van der Waals surface area contributed by atoms with Crippen LogP contribution in [0.4, 0.5) is 0 Å². The van der Waals surface area contributed by atoms with Crippen LogP contribution in [0.2, 0.25) is 5.02 Å². The van der Waals surface area contributed by atoms with E-state index in [0.717, 1.165) is 17.3 Å². The monoisotopic (exact) mass is 597 g/mol. The van der Waals surface area contributed by atoms with Crippen molar-refractivity contribution < 1.29 is 14.3 Å². The average molecular weight is 600 g/mol. The second-order valence-corrected chi connectivity index (χ2v) is 9.24. The number of unbranched alkanes of at least 4 members (excludes halogenated alkanes) is 1. The Morgan fingerprint density at radius 2 is 2.03 bits per heavy atom. The molecule has 3 aromatic rings. The molecule has 33 heavy (non-hydrogen) atoms. The number of esters is 1. The van der Waals surface area contributed by atoms with Crippen LogP contribution in [0.25, 0.3) is 10.9 Å². The predicted molar refractivity (Wildman–Crippen MR) is 137 cm³/mol. The number of hydrogen-bond acceptors (Lipinski definition) is 6. The molecule has 0 unspecified atom stereocenters. The van der Waals surface area contributed by atoms with E-state index >= 15 is 0 Å². The third kappa shape index (κ3) is 6.43. The van der Waals surface area contributed by atoms with E-state index in [1.54, 1.807) is 25.1 Å². The zero-order valence-corrected chi connectivity index (χ0v) is 22.0. The summed E-state index contributed by atoms with van der Waals surface area (Å²) in [5.41, 5.74) is 1.02. The first-order chi connectivity index (χ1) is 15.8. The highest BCUT2D eigenvalue weighted by Crippen LogP contribution is 2.34. The van der Waals surface area contributed by atoms with E-state index in [1.807, 2.05) is 12.1 Å². The van der Waals surface area contributed by atoms with E-state index in [4.69, 9.17) is 21.1 Å². The maximum absolute atomic E-state index is 13.2. The first kappa shape index (κ1) is 25.4. The van der Waals surface area contributed by atoms with E-state index in [9.17, 15) is 9.59 Å². The van der Waals surface area contributed by atoms with Gasteiger partial charge in [-0.3, -0.25) is 4.79 Å². The molecule has 2 aromatic carbocycles. The topological polar surface area (TPSA) is 82.8 Å². The van der Waals surface area contributed by atoms with Gasteiger partial charge in [0, 0.05) is 10.9 Å². The number of nitrogens with zero attached hydrogens (tertiary/aromatic N) is 3. The summed E-state index contributed by atoms with van der Waals surface area (Å²) in [5, 5.41) is 5.19. The summed E-state index contributed by atoms with van der Waals surface area (Å²) >= 11 is 13.2. The number of aromatic nitrogens is 2. The van der Waals surface area contributed by atoms with Gasteiger partial charge in [0.2, 0.25) is 0 Å². The van der Waals surface area contributed by atoms with Gasteiger partial charge in [0.25, 0.3) is 5.56 Å². The maximum atomic E-state index is 13.2. The molecule has 0 saturated heterocycles. The highest BCUT2D eigenvalue weighted by Gasteiger charge is 2.13. The number of halogens is 3. The molecule has 0 bridgehead atoms. The Kier molecular flexibility index (Phi) is 9.05. The van der Waals surface area contributed by atoms with Crippen LogP contribution >= 0.6 is 43.5 Å². The lowest BCUT2D eigenvalue weighted by molar-refractivity contribution is -0.145. The minimum Gasteiger partial charge on any atom is -0.479 e. The molecule has 0 radical (unpaired) electrons. The summed E-state index contributed by atoms with van der Waals surface area (Å²) < 4.78 is 13.0. The summed E-state index contributed by atoms with van der Waals surface area (Å²) in [6, 6.07) is 8.78. The van der Waals surface area contributed by atoms with E-state index in [-0.39, 0.29) is 23.8 Å². The third-order valence-electron chi connectivity index (χ3n) is 4.61. The molecule has 1 heterocycles. The molecule has 0 atom stereocenters. The summed E-state index contributed by atoms with van der Waals surface area (Å²) in [6.45, 7) is 3.81. The molecule has 3 rings (SSSR count). The van der Waals surface area contributed by atoms with Crippen molar-refractivity contribution in [3.63, 3.8) is 0 Å². The smallest absolute Gasteiger partial charge is 0.344 e. The summed E-state index contributed by atoms with van der Waals surface area (Å²) in [6.07, 6.45) is 4.01. The van der Waals surface area contributed by atoms with Gasteiger partial charge in [-0.1, -0.05) is 40.9 Å². The molecule has 1 aromatic heterocycles. The number of ether oxygens (including phenoxy) is 2. The number of benzene rings is 2. The van der Waals surface area contributed by atoms with Gasteiger partial charge in [-0.2, -0.15) is 9.78 Å². The highest BCUT2D eigenvalue weighted by molar-refractivity contribution is 9.10. The standard InChI is InChI=1S/C23H22Br2ClN3O4/c1-3-5-6-20-28-19-8-7-15(24)11-16(19)23(31)29(20)27-12-14-9-17(25)22(18(26)10-14)33-13-21(30)32-4-2/h7-12H,3-6,13H2,1-2H3. The molecule has 0 N–H and O–H groups in total. The van der Waals surface area contributed by atoms with Crippen molar-refractivity contribution in [2.24, 2.45) is 5.10 Å². The molecular weight excluding hydrogens is 578 g/mol. The van der Waals surface area contributed by atoms with Crippen molar-refractivity contribution in [3.05, 3.63) is 66.0 Å². The molecule has 0 aliphatic rings. The first-order valence-corrected chi connectivity index (χ1v) is 12.3. The van der Waals surface area contributed by atoms with Gasteiger partial charge in [-0.25, -0.2) is 9.78 Å². The lowest BCUT2D eigenvalue weighted by atomic mass is 10.2. The fourth-order valence-electron chi connectivity index (χ4n) is 3.06. The number of aryl methyl sites for hydroxylation is 1. The Bertz CT molecular complexity index is 1240. The number of hydrogen-bond donors (Lipinski definition) is 0. The van der Waals surface area contributed by atoms with Crippen LogP contribution in [0, 0.1) is 0 Å². The van der Waals surface area contributed by atoms with Crippen LogP contribution in [0.1, 0.15) is 38.1 Å². The van der Waals surface area contributed by atoms with Gasteiger partial charge in [-0.15, -0.1) is 0 Å². The third-order valence-corrected chi connectivity index (χ3v) is 5.97. The van der Waals surface area contributed by atoms with Crippen LogP contribution < -0.4 is 10.3 Å². The Balaban J connectivity index is 1.95. The fourth-order valence-corrected chi connectivity index (χ4v) is 4.41. The SMILES string of the molecule is CCCCc1nc2ccc(Br)cc2c(=O)n1N=Cc1cc(Cl)c(OCC(=O)OCC)c(Br)c1. The lowest BCUT2D eigenvalue weighted by Gasteiger charge is -2.11. The molecule has 0 spiro atoms. The first-order valence-electron chi connectivity index (χ1n) is 10.4. The second-order valence-electron chi connectivity index (χ2n) is 7.06. The molecule has 0 saturated carbocycles. The quantitative estimate of drug-likeness (QED) is 0.231. The second kappa shape index (κ2) is 11.8. The van der Waals surface area contributed by atoms with Gasteiger partial charge in [0.15, 0.2) is 12.4 Å². The maximum Gasteiger partial charge on any atom is 0.344 e. The highest BCUT2D eigenvalue weighted by atomic mass is 79.9. The molecule has 0 aliphatic heterocycles. The van der Waals surface area contributed by atoms with Crippen LogP contribution in [0.5, 0.6) is 5.75 Å². The molecule has 10 heteroatoms. The van der Waals surface area contributed by atoms with E-state index < -0.39 is 5.97 Å². The zero-order valence-electron chi connectivity index (χ0n) is 18.1. The van der Waals surface area contributed by atoms with Crippen LogP contribution in [-0.4, -0.2) is 35.1 Å². The summed E-state index contributed by atoms with van der Waals surface area (Å²) in [5.74, 6) is 0.424. The zero-order chi connectivity index (χ0) is 24.0. The largest absolute Gasteiger partial charge is 0.479 e. The van der Waals surface area contributed by atoms with Crippen LogP contribution in [-0.2, 0) is 16.0 Å². The minimum absolute atomic E-state index is 0.247. The fraction of sp³-hybridized carbons (Fsp3) is 0.304. The van der Waals surface area contributed by atoms with Crippen molar-refractivity contribution in [2.45, 2.75) is 33.1 Å². The van der Waals surface area contributed by atoms with E-state index in [2.05, 4.69) is 48.9 Å². The molecule has 7 nitrogen and oxygen atoms in total. The molecule has 0 fully saturated rings. The van der Waals surface area contributed by atoms with E-state index in [1.165, 1.54) is 10.9 Å². The van der Waals surface area contributed by atoms with Gasteiger partial charge in [0.1, 0.15) is 5.82 Å². The summed E-state index contributed by atoms with van der Waals surface area (Å²) in [4.78, 5) is 29.4. The van der Waals surface area contributed by atoms with Gasteiger partial charge in [0.05, 0.1) is 33.2 Å². The van der Waals surface area contributed by atoms with Gasteiger partial charge < -0.3 is 9.47 Å². The number of carbonyl (C=O) groups is 1. The Labute approximate surface area is 213 Å². The van der Waals surface area contributed by atoms with E-state index in [0.29, 0.717) is 38.9 Å². The number of rotatable bonds is 9. The van der Waals surface area contributed by atoms with Crippen LogP contribution in [0.3, 0.4) is 0 Å². The molecular formula is C23H22Br2ClN3O4. The van der Waals surface area contributed by atoms with Gasteiger partial charge >= 0.3 is 5.97 Å². The Morgan fingerprint density at radius 3 is 2.73 bits per heavy atom. The summed E-state index contributed by atoms with van der Waals surface area (Å²) in [7, 11) is 0. The predicted octanol–water partition coefficient (Wildman–Crippen LogP) is 5.74. The molecule has 0 aliphatic carbocycles. The molecule has 174 valence electrons. The van der Waals surface area contributed by atoms with Gasteiger partial charge in [-0.05, 0) is 65.2 Å². The van der Waals surface area contributed by atoms with Crippen molar-refractivity contribution in [1.29, 1.82) is 0 Å². The van der Waals surface area contributed by atoms with Crippen molar-refractivity contribution in [3.8, 4) is 5.75 Å². The van der Waals surface area contributed by atoms with Crippen molar-refractivity contribution in [2.75, 3.05) is 13.2 Å². The number of fused-ring (bicyclic) bond motifs is 1. The van der Waals surface area contributed by atoms with Crippen molar-refractivity contribution >= 4 is 66.5 Å². The number of carbonyl (C=O) groups excluding carboxylic acids is 1. The minimum atomic E-state index is -0.486. The van der Waals surface area contributed by atoms with Crippen LogP contribution in [0.15, 0.2) is 49.2 Å².